The third kappa shape index (κ3) is 2.20. The molecular weight excluding hydrogens is 226 g/mol. The van der Waals surface area contributed by atoms with E-state index in [1.807, 2.05) is 24.0 Å². The van der Waals surface area contributed by atoms with Crippen molar-refractivity contribution < 1.29 is 0 Å². The average Bonchev–Trinajstić information content (AvgIpc) is 2.98. The van der Waals surface area contributed by atoms with Crippen molar-refractivity contribution in [2.75, 3.05) is 11.9 Å². The van der Waals surface area contributed by atoms with Gasteiger partial charge in [-0.15, -0.1) is 0 Å². The van der Waals surface area contributed by atoms with Crippen LogP contribution in [0.2, 0.25) is 0 Å². The number of anilines is 1. The Morgan fingerprint density at radius 2 is 2.28 bits per heavy atom. The van der Waals surface area contributed by atoms with Gasteiger partial charge in [-0.2, -0.15) is 5.10 Å². The summed E-state index contributed by atoms with van der Waals surface area (Å²) in [7, 11) is 1.94. The molecule has 2 aromatic heterocycles. The van der Waals surface area contributed by atoms with Crippen molar-refractivity contribution in [3.05, 3.63) is 35.5 Å². The molecule has 94 valence electrons. The molecule has 0 bridgehead atoms. The van der Waals surface area contributed by atoms with Crippen LogP contribution >= 0.6 is 0 Å². The minimum atomic E-state index is 0.862. The zero-order valence-corrected chi connectivity index (χ0v) is 10.6. The minimum Gasteiger partial charge on any atom is -0.369 e. The summed E-state index contributed by atoms with van der Waals surface area (Å²) in [5.74, 6) is 1.01. The number of hydrogen-bond donors (Lipinski definition) is 1. The van der Waals surface area contributed by atoms with E-state index in [-0.39, 0.29) is 0 Å². The Kier molecular flexibility index (Phi) is 2.96. The number of nitrogens with zero attached hydrogens (tertiary/aromatic N) is 4. The maximum Gasteiger partial charge on any atom is 0.132 e. The summed E-state index contributed by atoms with van der Waals surface area (Å²) in [6.45, 7) is 0.862. The molecule has 0 aromatic carbocycles. The zero-order chi connectivity index (χ0) is 12.4. The molecule has 0 radical (unpaired) electrons. The molecule has 5 nitrogen and oxygen atoms in total. The fourth-order valence-electron chi connectivity index (χ4n) is 2.42. The zero-order valence-electron chi connectivity index (χ0n) is 10.6. The van der Waals surface area contributed by atoms with E-state index < -0.39 is 0 Å². The second-order valence-electron chi connectivity index (χ2n) is 4.66. The van der Waals surface area contributed by atoms with E-state index in [1.54, 1.807) is 6.33 Å². The second kappa shape index (κ2) is 4.76. The first kappa shape index (κ1) is 11.2. The van der Waals surface area contributed by atoms with E-state index >= 15 is 0 Å². The molecule has 0 saturated heterocycles. The molecule has 5 heteroatoms. The van der Waals surface area contributed by atoms with E-state index in [1.165, 1.54) is 17.7 Å². The summed E-state index contributed by atoms with van der Waals surface area (Å²) in [4.78, 5) is 8.66. The Balaban J connectivity index is 1.62. The standard InChI is InChI=1S/C13H17N5/c1-18-8-6-10(17-18)5-7-14-13-11-3-2-4-12(11)15-9-16-13/h6,8-9H,2-5,7H2,1H3,(H,14,15,16). The third-order valence-electron chi connectivity index (χ3n) is 3.32. The van der Waals surface area contributed by atoms with Gasteiger partial charge >= 0.3 is 0 Å². The highest BCUT2D eigenvalue weighted by Gasteiger charge is 2.16. The molecule has 18 heavy (non-hydrogen) atoms. The van der Waals surface area contributed by atoms with Crippen molar-refractivity contribution in [2.24, 2.45) is 7.05 Å². The van der Waals surface area contributed by atoms with E-state index in [0.29, 0.717) is 0 Å². The van der Waals surface area contributed by atoms with Gasteiger partial charge in [0.05, 0.1) is 5.69 Å². The van der Waals surface area contributed by atoms with Crippen LogP contribution in [0.15, 0.2) is 18.6 Å². The first-order chi connectivity index (χ1) is 8.83. The first-order valence-corrected chi connectivity index (χ1v) is 6.38. The summed E-state index contributed by atoms with van der Waals surface area (Å²) >= 11 is 0. The molecule has 0 aliphatic heterocycles. The summed E-state index contributed by atoms with van der Waals surface area (Å²) in [6, 6.07) is 2.05. The lowest BCUT2D eigenvalue weighted by molar-refractivity contribution is 0.741. The van der Waals surface area contributed by atoms with Gasteiger partial charge in [0.15, 0.2) is 0 Å². The first-order valence-electron chi connectivity index (χ1n) is 6.38. The number of nitrogens with one attached hydrogen (secondary N) is 1. The Morgan fingerprint density at radius 3 is 3.11 bits per heavy atom. The van der Waals surface area contributed by atoms with Gasteiger partial charge < -0.3 is 5.32 Å². The molecule has 0 saturated carbocycles. The number of fused-ring (bicyclic) bond motifs is 1. The molecule has 3 rings (SSSR count). The molecule has 0 fully saturated rings. The molecule has 0 amide bonds. The van der Waals surface area contributed by atoms with Crippen LogP contribution in [-0.2, 0) is 26.3 Å². The van der Waals surface area contributed by atoms with Gasteiger partial charge in [-0.3, -0.25) is 4.68 Å². The Hall–Kier alpha value is -1.91. The summed E-state index contributed by atoms with van der Waals surface area (Å²) in [5.41, 5.74) is 3.62. The fraction of sp³-hybridized carbons (Fsp3) is 0.462. The van der Waals surface area contributed by atoms with Gasteiger partial charge in [0.2, 0.25) is 0 Å². The van der Waals surface area contributed by atoms with Gasteiger partial charge in [-0.1, -0.05) is 0 Å². The second-order valence-corrected chi connectivity index (χ2v) is 4.66. The molecule has 1 aliphatic rings. The smallest absolute Gasteiger partial charge is 0.132 e. The van der Waals surface area contributed by atoms with Crippen LogP contribution in [0, 0.1) is 0 Å². The van der Waals surface area contributed by atoms with E-state index in [9.17, 15) is 0 Å². The highest BCUT2D eigenvalue weighted by molar-refractivity contribution is 5.47. The predicted octanol–water partition coefficient (Wildman–Crippen LogP) is 1.35. The van der Waals surface area contributed by atoms with Crippen LogP contribution < -0.4 is 5.32 Å². The number of hydrogen-bond acceptors (Lipinski definition) is 4. The lowest BCUT2D eigenvalue weighted by Crippen LogP contribution is -2.09. The van der Waals surface area contributed by atoms with Crippen molar-refractivity contribution in [2.45, 2.75) is 25.7 Å². The van der Waals surface area contributed by atoms with Crippen molar-refractivity contribution in [3.63, 3.8) is 0 Å². The van der Waals surface area contributed by atoms with Crippen molar-refractivity contribution >= 4 is 5.82 Å². The minimum absolute atomic E-state index is 0.862. The highest BCUT2D eigenvalue weighted by Crippen LogP contribution is 2.24. The van der Waals surface area contributed by atoms with Crippen LogP contribution in [-0.4, -0.2) is 26.3 Å². The van der Waals surface area contributed by atoms with Crippen LogP contribution in [0.1, 0.15) is 23.4 Å². The van der Waals surface area contributed by atoms with Crippen molar-refractivity contribution in [3.8, 4) is 0 Å². The van der Waals surface area contributed by atoms with Gasteiger partial charge in [0, 0.05) is 37.5 Å². The fourth-order valence-corrected chi connectivity index (χ4v) is 2.42. The van der Waals surface area contributed by atoms with Crippen LogP contribution in [0.3, 0.4) is 0 Å². The van der Waals surface area contributed by atoms with Crippen LogP contribution in [0.4, 0.5) is 5.82 Å². The van der Waals surface area contributed by atoms with Gasteiger partial charge in [-0.05, 0) is 25.3 Å². The highest BCUT2D eigenvalue weighted by atomic mass is 15.2. The maximum atomic E-state index is 4.36. The lowest BCUT2D eigenvalue weighted by Gasteiger charge is -2.08. The molecule has 2 heterocycles. The molecule has 2 aromatic rings. The SMILES string of the molecule is Cn1ccc(CCNc2ncnc3c2CCC3)n1. The monoisotopic (exact) mass is 243 g/mol. The largest absolute Gasteiger partial charge is 0.369 e. The summed E-state index contributed by atoms with van der Waals surface area (Å²) < 4.78 is 1.83. The number of aryl methyl sites for hydroxylation is 2. The molecule has 0 atom stereocenters. The number of aromatic nitrogens is 4. The lowest BCUT2D eigenvalue weighted by atomic mass is 10.2. The molecular formula is C13H17N5. The van der Waals surface area contributed by atoms with Crippen molar-refractivity contribution in [1.82, 2.24) is 19.7 Å². The van der Waals surface area contributed by atoms with Gasteiger partial charge in [0.1, 0.15) is 12.1 Å². The Bertz CT molecular complexity index is 546. The average molecular weight is 243 g/mol. The van der Waals surface area contributed by atoms with Crippen LogP contribution in [0.5, 0.6) is 0 Å². The van der Waals surface area contributed by atoms with Crippen molar-refractivity contribution in [1.29, 1.82) is 0 Å². The quantitative estimate of drug-likeness (QED) is 0.880. The Morgan fingerprint density at radius 1 is 1.33 bits per heavy atom. The predicted molar refractivity (Wildman–Crippen MR) is 69.5 cm³/mol. The molecule has 1 N–H and O–H groups in total. The summed E-state index contributed by atoms with van der Waals surface area (Å²) in [5, 5.41) is 7.76. The topological polar surface area (TPSA) is 55.6 Å². The van der Waals surface area contributed by atoms with Gasteiger partial charge in [0.25, 0.3) is 0 Å². The Labute approximate surface area is 106 Å². The third-order valence-corrected chi connectivity index (χ3v) is 3.32. The summed E-state index contributed by atoms with van der Waals surface area (Å²) in [6.07, 6.45) is 7.93. The number of rotatable bonds is 4. The van der Waals surface area contributed by atoms with E-state index in [0.717, 1.165) is 37.3 Å². The van der Waals surface area contributed by atoms with E-state index in [4.69, 9.17) is 0 Å². The maximum absolute atomic E-state index is 4.36. The molecule has 0 unspecified atom stereocenters. The van der Waals surface area contributed by atoms with E-state index in [2.05, 4.69) is 20.4 Å². The molecule has 1 aliphatic carbocycles. The van der Waals surface area contributed by atoms with Gasteiger partial charge in [-0.25, -0.2) is 9.97 Å². The van der Waals surface area contributed by atoms with Crippen LogP contribution in [0.25, 0.3) is 0 Å². The molecule has 0 spiro atoms. The normalized spacial score (nSPS) is 13.6.